The predicted molar refractivity (Wildman–Crippen MR) is 69.1 cm³/mol. The molecule has 0 radical (unpaired) electrons. The first-order valence-corrected chi connectivity index (χ1v) is 6.32. The fraction of sp³-hybridized carbons (Fsp3) is 0.357. The molecule has 1 heterocycles. The van der Waals surface area contributed by atoms with E-state index in [1.807, 2.05) is 24.3 Å². The highest BCUT2D eigenvalue weighted by Crippen LogP contribution is 2.29. The summed E-state index contributed by atoms with van der Waals surface area (Å²) in [6, 6.07) is 10.1. The molecule has 0 N–H and O–H groups in total. The van der Waals surface area contributed by atoms with Gasteiger partial charge >= 0.3 is 0 Å². The Balaban J connectivity index is 1.79. The van der Waals surface area contributed by atoms with Crippen LogP contribution in [0, 0.1) is 5.92 Å². The number of pyridine rings is 1. The van der Waals surface area contributed by atoms with E-state index in [9.17, 15) is 0 Å². The van der Waals surface area contributed by atoms with E-state index in [1.165, 1.54) is 12.8 Å². The van der Waals surface area contributed by atoms with Crippen molar-refractivity contribution in [3.05, 3.63) is 41.0 Å². The molecular weight excluding hydrogens is 234 g/mol. The molecule has 0 bridgehead atoms. The second-order valence-electron chi connectivity index (χ2n) is 4.59. The maximum atomic E-state index is 6.14. The number of hydrogen-bond donors (Lipinski definition) is 0. The van der Waals surface area contributed by atoms with Crippen LogP contribution in [0.5, 0.6) is 0 Å². The number of rotatable bonds is 4. The Bertz CT molecular complexity index is 537. The van der Waals surface area contributed by atoms with Crippen LogP contribution in [0.2, 0.25) is 5.15 Å². The predicted octanol–water partition coefficient (Wildman–Crippen LogP) is 3.81. The molecule has 3 rings (SSSR count). The van der Waals surface area contributed by atoms with Crippen molar-refractivity contribution in [1.29, 1.82) is 0 Å². The molecule has 0 atom stereocenters. The molecule has 3 heteroatoms. The largest absolute Gasteiger partial charge is 0.376 e. The standard InChI is InChI=1S/C14H14ClNO/c15-14-12(9-17-8-10-5-6-10)7-11-3-1-2-4-13(11)16-14/h1-4,7,10H,5-6,8-9H2. The molecule has 0 unspecified atom stereocenters. The van der Waals surface area contributed by atoms with Crippen LogP contribution in [0.1, 0.15) is 18.4 Å². The summed E-state index contributed by atoms with van der Waals surface area (Å²) in [6.45, 7) is 1.41. The molecule has 0 spiro atoms. The molecule has 1 aromatic carbocycles. The summed E-state index contributed by atoms with van der Waals surface area (Å²) in [6.07, 6.45) is 2.62. The smallest absolute Gasteiger partial charge is 0.135 e. The van der Waals surface area contributed by atoms with Gasteiger partial charge in [-0.05, 0) is 30.9 Å². The van der Waals surface area contributed by atoms with E-state index in [-0.39, 0.29) is 0 Å². The van der Waals surface area contributed by atoms with Gasteiger partial charge in [0.15, 0.2) is 0 Å². The minimum Gasteiger partial charge on any atom is -0.376 e. The van der Waals surface area contributed by atoms with Crippen LogP contribution in [-0.4, -0.2) is 11.6 Å². The van der Waals surface area contributed by atoms with E-state index in [4.69, 9.17) is 16.3 Å². The number of aromatic nitrogens is 1. The summed E-state index contributed by atoms with van der Waals surface area (Å²) >= 11 is 6.14. The maximum Gasteiger partial charge on any atom is 0.135 e. The van der Waals surface area contributed by atoms with Gasteiger partial charge in [-0.2, -0.15) is 0 Å². The number of benzene rings is 1. The SMILES string of the molecule is Clc1nc2ccccc2cc1COCC1CC1. The molecule has 1 fully saturated rings. The third-order valence-electron chi connectivity index (χ3n) is 3.06. The highest BCUT2D eigenvalue weighted by Gasteiger charge is 2.21. The summed E-state index contributed by atoms with van der Waals surface area (Å²) in [5, 5.41) is 1.67. The molecule has 88 valence electrons. The maximum absolute atomic E-state index is 6.14. The summed E-state index contributed by atoms with van der Waals surface area (Å²) in [7, 11) is 0. The third-order valence-corrected chi connectivity index (χ3v) is 3.39. The molecular formula is C14H14ClNO. The Kier molecular flexibility index (Phi) is 3.00. The number of fused-ring (bicyclic) bond motifs is 1. The lowest BCUT2D eigenvalue weighted by molar-refractivity contribution is 0.111. The lowest BCUT2D eigenvalue weighted by Crippen LogP contribution is -1.98. The van der Waals surface area contributed by atoms with Gasteiger partial charge in [-0.25, -0.2) is 4.98 Å². The van der Waals surface area contributed by atoms with Gasteiger partial charge in [-0.3, -0.25) is 0 Å². The average Bonchev–Trinajstić information content (AvgIpc) is 3.14. The van der Waals surface area contributed by atoms with E-state index in [0.717, 1.165) is 29.0 Å². The third kappa shape index (κ3) is 2.59. The van der Waals surface area contributed by atoms with E-state index in [0.29, 0.717) is 11.8 Å². The van der Waals surface area contributed by atoms with E-state index >= 15 is 0 Å². The van der Waals surface area contributed by atoms with Gasteiger partial charge in [-0.15, -0.1) is 0 Å². The zero-order valence-electron chi connectivity index (χ0n) is 9.53. The Morgan fingerprint density at radius 1 is 1.29 bits per heavy atom. The number of nitrogens with zero attached hydrogens (tertiary/aromatic N) is 1. The molecule has 2 aromatic rings. The van der Waals surface area contributed by atoms with E-state index in [1.54, 1.807) is 0 Å². The van der Waals surface area contributed by atoms with Crippen molar-refractivity contribution < 1.29 is 4.74 Å². The topological polar surface area (TPSA) is 22.1 Å². The fourth-order valence-corrected chi connectivity index (χ4v) is 2.06. The minimum absolute atomic E-state index is 0.555. The van der Waals surface area contributed by atoms with Gasteiger partial charge in [-0.1, -0.05) is 29.8 Å². The van der Waals surface area contributed by atoms with Gasteiger partial charge < -0.3 is 4.74 Å². The highest BCUT2D eigenvalue weighted by atomic mass is 35.5. The van der Waals surface area contributed by atoms with Crippen molar-refractivity contribution in [3.63, 3.8) is 0 Å². The Hall–Kier alpha value is -1.12. The van der Waals surface area contributed by atoms with Crippen LogP contribution in [0.15, 0.2) is 30.3 Å². The summed E-state index contributed by atoms with van der Waals surface area (Å²) in [5.74, 6) is 0.780. The molecule has 1 saturated carbocycles. The Labute approximate surface area is 106 Å². The summed E-state index contributed by atoms with van der Waals surface area (Å²) in [5.41, 5.74) is 1.91. The van der Waals surface area contributed by atoms with E-state index in [2.05, 4.69) is 11.1 Å². The van der Waals surface area contributed by atoms with Gasteiger partial charge in [0.05, 0.1) is 12.1 Å². The van der Waals surface area contributed by atoms with Crippen molar-refractivity contribution in [2.75, 3.05) is 6.61 Å². The van der Waals surface area contributed by atoms with Crippen molar-refractivity contribution in [2.24, 2.45) is 5.92 Å². The van der Waals surface area contributed by atoms with Gasteiger partial charge in [0.2, 0.25) is 0 Å². The highest BCUT2D eigenvalue weighted by molar-refractivity contribution is 6.30. The Morgan fingerprint density at radius 3 is 2.94 bits per heavy atom. The first kappa shape index (κ1) is 11.0. The van der Waals surface area contributed by atoms with Gasteiger partial charge in [0.25, 0.3) is 0 Å². The van der Waals surface area contributed by atoms with Gasteiger partial charge in [0, 0.05) is 17.6 Å². The lowest BCUT2D eigenvalue weighted by Gasteiger charge is -2.06. The molecule has 2 nitrogen and oxygen atoms in total. The first-order chi connectivity index (χ1) is 8.33. The first-order valence-electron chi connectivity index (χ1n) is 5.95. The van der Waals surface area contributed by atoms with Crippen LogP contribution in [0.4, 0.5) is 0 Å². The molecule has 17 heavy (non-hydrogen) atoms. The number of hydrogen-bond acceptors (Lipinski definition) is 2. The van der Waals surface area contributed by atoms with E-state index < -0.39 is 0 Å². The van der Waals surface area contributed by atoms with Crippen LogP contribution in [-0.2, 0) is 11.3 Å². The zero-order valence-corrected chi connectivity index (χ0v) is 10.3. The van der Waals surface area contributed by atoms with Crippen molar-refractivity contribution in [2.45, 2.75) is 19.4 Å². The monoisotopic (exact) mass is 247 g/mol. The van der Waals surface area contributed by atoms with Crippen molar-refractivity contribution in [3.8, 4) is 0 Å². The zero-order chi connectivity index (χ0) is 11.7. The van der Waals surface area contributed by atoms with Crippen LogP contribution in [0.3, 0.4) is 0 Å². The molecule has 1 aromatic heterocycles. The molecule has 0 aliphatic heterocycles. The molecule has 0 amide bonds. The minimum atomic E-state index is 0.555. The van der Waals surface area contributed by atoms with Crippen LogP contribution in [0.25, 0.3) is 10.9 Å². The fourth-order valence-electron chi connectivity index (χ4n) is 1.86. The number of para-hydroxylation sites is 1. The molecule has 0 saturated heterocycles. The summed E-state index contributed by atoms with van der Waals surface area (Å²) in [4.78, 5) is 4.37. The second-order valence-corrected chi connectivity index (χ2v) is 4.95. The second kappa shape index (κ2) is 4.63. The Morgan fingerprint density at radius 2 is 2.12 bits per heavy atom. The quantitative estimate of drug-likeness (QED) is 0.767. The number of ether oxygens (including phenoxy) is 1. The summed E-state index contributed by atoms with van der Waals surface area (Å²) < 4.78 is 5.65. The van der Waals surface area contributed by atoms with Crippen LogP contribution < -0.4 is 0 Å². The lowest BCUT2D eigenvalue weighted by atomic mass is 10.2. The van der Waals surface area contributed by atoms with Crippen molar-refractivity contribution in [1.82, 2.24) is 4.98 Å². The average molecular weight is 248 g/mol. The molecule has 1 aliphatic carbocycles. The number of halogens is 1. The normalized spacial score (nSPS) is 15.4. The van der Waals surface area contributed by atoms with Crippen LogP contribution >= 0.6 is 11.6 Å². The van der Waals surface area contributed by atoms with Crippen molar-refractivity contribution >= 4 is 22.5 Å². The van der Waals surface area contributed by atoms with Gasteiger partial charge in [0.1, 0.15) is 5.15 Å². The molecule has 1 aliphatic rings.